The van der Waals surface area contributed by atoms with Crippen molar-refractivity contribution in [3.63, 3.8) is 0 Å². The van der Waals surface area contributed by atoms with Gasteiger partial charge in [-0.25, -0.2) is 4.79 Å². The number of benzene rings is 2. The second-order valence-corrected chi connectivity index (χ2v) is 10.9. The summed E-state index contributed by atoms with van der Waals surface area (Å²) in [5.41, 5.74) is 6.52. The lowest BCUT2D eigenvalue weighted by molar-refractivity contribution is -0.00430. The van der Waals surface area contributed by atoms with Crippen molar-refractivity contribution in [2.45, 2.75) is 45.7 Å². The van der Waals surface area contributed by atoms with Crippen LogP contribution in [-0.2, 0) is 49.4 Å². The van der Waals surface area contributed by atoms with Crippen molar-refractivity contribution < 1.29 is 32.9 Å². The molecule has 3 saturated heterocycles. The van der Waals surface area contributed by atoms with Gasteiger partial charge in [-0.05, 0) is 33.2 Å². The summed E-state index contributed by atoms with van der Waals surface area (Å²) in [6.45, 7) is 0.540. The van der Waals surface area contributed by atoms with E-state index in [-0.39, 0.29) is 13.2 Å². The van der Waals surface area contributed by atoms with Crippen LogP contribution in [0.2, 0.25) is 0 Å². The molecule has 0 saturated carbocycles. The Labute approximate surface area is 244 Å². The molecule has 190 valence electrons. The summed E-state index contributed by atoms with van der Waals surface area (Å²) in [6, 6.07) is 12.2. The molecule has 3 aliphatic heterocycles. The topological polar surface area (TPSA) is 72.5 Å². The predicted molar refractivity (Wildman–Crippen MR) is 151 cm³/mol. The first kappa shape index (κ1) is 27.2. The van der Waals surface area contributed by atoms with Crippen LogP contribution in [0.25, 0.3) is 0 Å². The number of carbonyl (C=O) groups is 1. The standard InChI is InChI=1S/C23H22B2Br4O7/c26-7-13-1-3-17(5-15(13)9-28)24-31-11-19(35-24)21-22(34-23(30)33-21)20-12-32-25(36-20)18-4-2-14(8-27)16(6-18)10-29/h1-6,19-22H,7-12H2/t19-,20-,21+,22+/m0/s1. The highest BCUT2D eigenvalue weighted by atomic mass is 79.9. The Balaban J connectivity index is 1.26. The molecule has 5 rings (SSSR count). The third kappa shape index (κ3) is 5.64. The van der Waals surface area contributed by atoms with Gasteiger partial charge in [0.2, 0.25) is 0 Å². The van der Waals surface area contributed by atoms with Gasteiger partial charge in [0.15, 0.2) is 12.2 Å². The molecule has 0 aromatic heterocycles. The van der Waals surface area contributed by atoms with Gasteiger partial charge in [-0.15, -0.1) is 0 Å². The summed E-state index contributed by atoms with van der Waals surface area (Å²) in [6.07, 6.45) is -3.05. The van der Waals surface area contributed by atoms with Crippen molar-refractivity contribution in [1.29, 1.82) is 0 Å². The summed E-state index contributed by atoms with van der Waals surface area (Å²) in [7, 11) is -1.11. The molecule has 2 aromatic carbocycles. The summed E-state index contributed by atoms with van der Waals surface area (Å²) in [5.74, 6) is 0. The minimum atomic E-state index is -0.740. The molecule has 3 heterocycles. The Hall–Kier alpha value is -0.400. The zero-order valence-corrected chi connectivity index (χ0v) is 25.4. The van der Waals surface area contributed by atoms with Gasteiger partial charge in [0.05, 0.1) is 13.2 Å². The molecule has 0 radical (unpaired) electrons. The van der Waals surface area contributed by atoms with Gasteiger partial charge in [-0.2, -0.15) is 0 Å². The molecule has 7 nitrogen and oxygen atoms in total. The van der Waals surface area contributed by atoms with Crippen molar-refractivity contribution >= 4 is 95.0 Å². The Morgan fingerprint density at radius 2 is 1.08 bits per heavy atom. The second kappa shape index (κ2) is 12.2. The average Bonchev–Trinajstić information content (AvgIpc) is 3.67. The Morgan fingerprint density at radius 3 is 1.47 bits per heavy atom. The molecule has 0 N–H and O–H groups in total. The molecule has 3 aliphatic rings. The monoisotopic (exact) mass is 748 g/mol. The fourth-order valence-corrected chi connectivity index (χ4v) is 6.72. The summed E-state index contributed by atoms with van der Waals surface area (Å²) in [4.78, 5) is 12.1. The summed E-state index contributed by atoms with van der Waals surface area (Å²) >= 11 is 14.1. The Morgan fingerprint density at radius 1 is 0.667 bits per heavy atom. The van der Waals surface area contributed by atoms with Crippen LogP contribution in [0.1, 0.15) is 22.3 Å². The van der Waals surface area contributed by atoms with Crippen molar-refractivity contribution in [3.8, 4) is 0 Å². The fourth-order valence-electron chi connectivity index (χ4n) is 4.59. The highest BCUT2D eigenvalue weighted by Gasteiger charge is 2.53. The number of rotatable bonds is 8. The number of cyclic esters (lactones) is 2. The molecule has 0 amide bonds. The zero-order valence-electron chi connectivity index (χ0n) is 19.0. The summed E-state index contributed by atoms with van der Waals surface area (Å²) < 4.78 is 35.3. The second-order valence-electron chi connectivity index (χ2n) is 8.69. The van der Waals surface area contributed by atoms with Crippen LogP contribution in [0.5, 0.6) is 0 Å². The third-order valence-electron chi connectivity index (χ3n) is 6.52. The van der Waals surface area contributed by atoms with Crippen LogP contribution >= 0.6 is 63.7 Å². The molecule has 3 fully saturated rings. The maximum Gasteiger partial charge on any atom is 0.509 e. The zero-order chi connectivity index (χ0) is 25.2. The first-order valence-electron chi connectivity index (χ1n) is 11.4. The molecule has 2 aromatic rings. The van der Waals surface area contributed by atoms with E-state index in [1.807, 2.05) is 12.1 Å². The minimum Gasteiger partial charge on any atom is -0.424 e. The number of alkyl halides is 4. The van der Waals surface area contributed by atoms with Crippen molar-refractivity contribution in [1.82, 2.24) is 0 Å². The first-order valence-corrected chi connectivity index (χ1v) is 15.9. The van der Waals surface area contributed by atoms with Crippen LogP contribution in [0.3, 0.4) is 0 Å². The van der Waals surface area contributed by atoms with E-state index in [2.05, 4.69) is 88.0 Å². The third-order valence-corrected chi connectivity index (χ3v) is 8.94. The lowest BCUT2D eigenvalue weighted by Gasteiger charge is -2.24. The number of halogens is 4. The van der Waals surface area contributed by atoms with Gasteiger partial charge in [0.25, 0.3) is 0 Å². The molecule has 0 bridgehead atoms. The quantitative estimate of drug-likeness (QED) is 0.229. The van der Waals surface area contributed by atoms with Crippen LogP contribution in [-0.4, -0.2) is 58.0 Å². The average molecular weight is 752 g/mol. The SMILES string of the molecule is O=C1O[C@H]([C@@H]2COB(c3ccc(CBr)c(CBr)c3)O2)[C@@H]([C@@H]2COB(c3ccc(CBr)c(CBr)c3)O2)O1. The van der Waals surface area contributed by atoms with Gasteiger partial charge in [0.1, 0.15) is 12.2 Å². The lowest BCUT2D eigenvalue weighted by Crippen LogP contribution is -2.46. The highest BCUT2D eigenvalue weighted by Crippen LogP contribution is 2.30. The molecular weight excluding hydrogens is 729 g/mol. The van der Waals surface area contributed by atoms with Gasteiger partial charge >= 0.3 is 20.4 Å². The number of hydrogen-bond donors (Lipinski definition) is 0. The van der Waals surface area contributed by atoms with Crippen LogP contribution in [0.4, 0.5) is 4.79 Å². The first-order chi connectivity index (χ1) is 17.5. The van der Waals surface area contributed by atoms with E-state index in [0.717, 1.165) is 43.4 Å². The van der Waals surface area contributed by atoms with Crippen LogP contribution in [0.15, 0.2) is 36.4 Å². The lowest BCUT2D eigenvalue weighted by atomic mass is 9.78. The molecule has 0 aliphatic carbocycles. The number of carbonyl (C=O) groups excluding carboxylic acids is 1. The van der Waals surface area contributed by atoms with Crippen LogP contribution < -0.4 is 10.9 Å². The maximum absolute atomic E-state index is 12.1. The minimum absolute atomic E-state index is 0.270. The highest BCUT2D eigenvalue weighted by molar-refractivity contribution is 9.09. The maximum atomic E-state index is 12.1. The van der Waals surface area contributed by atoms with E-state index in [1.54, 1.807) is 0 Å². The number of hydrogen-bond acceptors (Lipinski definition) is 7. The van der Waals surface area contributed by atoms with Gasteiger partial charge in [-0.1, -0.05) is 100 Å². The fraction of sp³-hybridized carbons (Fsp3) is 0.435. The van der Waals surface area contributed by atoms with E-state index in [4.69, 9.17) is 28.1 Å². The van der Waals surface area contributed by atoms with Crippen molar-refractivity contribution in [2.24, 2.45) is 0 Å². The van der Waals surface area contributed by atoms with Crippen molar-refractivity contribution in [3.05, 3.63) is 58.7 Å². The van der Waals surface area contributed by atoms with Crippen molar-refractivity contribution in [2.75, 3.05) is 13.2 Å². The predicted octanol–water partition coefficient (Wildman–Crippen LogP) is 4.09. The molecule has 0 spiro atoms. The van der Waals surface area contributed by atoms with E-state index in [0.29, 0.717) is 0 Å². The molecule has 13 heteroatoms. The summed E-state index contributed by atoms with van der Waals surface area (Å²) in [5, 5.41) is 2.99. The number of ether oxygens (including phenoxy) is 2. The van der Waals surface area contributed by atoms with E-state index >= 15 is 0 Å². The molecule has 0 unspecified atom stereocenters. The Bertz CT molecular complexity index is 1030. The Kier molecular flexibility index (Phi) is 9.21. The largest absolute Gasteiger partial charge is 0.509 e. The van der Waals surface area contributed by atoms with Crippen LogP contribution in [0, 0.1) is 0 Å². The van der Waals surface area contributed by atoms with Gasteiger partial charge in [-0.3, -0.25) is 0 Å². The molecule has 4 atom stereocenters. The van der Waals surface area contributed by atoms with Gasteiger partial charge < -0.3 is 28.1 Å². The van der Waals surface area contributed by atoms with Gasteiger partial charge in [0, 0.05) is 21.3 Å². The smallest absolute Gasteiger partial charge is 0.424 e. The molecular formula is C23H22B2Br4O7. The van der Waals surface area contributed by atoms with E-state index in [1.165, 1.54) is 11.1 Å². The molecule has 36 heavy (non-hydrogen) atoms. The normalized spacial score (nSPS) is 25.9. The van der Waals surface area contributed by atoms with E-state index < -0.39 is 44.8 Å². The van der Waals surface area contributed by atoms with E-state index in [9.17, 15) is 4.79 Å².